The van der Waals surface area contributed by atoms with Gasteiger partial charge < -0.3 is 10.1 Å². The molecule has 0 fully saturated rings. The van der Waals surface area contributed by atoms with Crippen LogP contribution in [0.5, 0.6) is 5.75 Å². The number of esters is 1. The molecule has 5 nitrogen and oxygen atoms in total. The first kappa shape index (κ1) is 33.2. The fourth-order valence-electron chi connectivity index (χ4n) is 5.83. The first-order chi connectivity index (χ1) is 19.5. The number of halogens is 1. The number of ether oxygens (including phenoxy) is 1. The third-order valence-corrected chi connectivity index (χ3v) is 7.82. The van der Waals surface area contributed by atoms with E-state index in [2.05, 4.69) is 67.2 Å². The number of carbonyl (C=O) groups is 1. The zero-order valence-electron chi connectivity index (χ0n) is 26.3. The summed E-state index contributed by atoms with van der Waals surface area (Å²) in [7, 11) is 0. The van der Waals surface area contributed by atoms with Crippen LogP contribution >= 0.6 is 15.9 Å². The van der Waals surface area contributed by atoms with Gasteiger partial charge in [0.05, 0.1) is 0 Å². The summed E-state index contributed by atoms with van der Waals surface area (Å²) in [6, 6.07) is 11.7. The van der Waals surface area contributed by atoms with Gasteiger partial charge in [-0.3, -0.25) is 9.20 Å². The molecule has 0 aliphatic heterocycles. The number of anilines is 1. The zero-order chi connectivity index (χ0) is 29.9. The van der Waals surface area contributed by atoms with Crippen molar-refractivity contribution in [3.63, 3.8) is 0 Å². The smallest absolute Gasteiger partial charge is 0.311 e. The van der Waals surface area contributed by atoms with Crippen molar-refractivity contribution < 1.29 is 9.53 Å². The lowest BCUT2D eigenvalue weighted by molar-refractivity contribution is -0.134. The van der Waals surface area contributed by atoms with Crippen molar-refractivity contribution in [2.45, 2.75) is 131 Å². The number of hydrogen-bond acceptors (Lipinski definition) is 4. The zero-order valence-corrected chi connectivity index (χ0v) is 27.9. The summed E-state index contributed by atoms with van der Waals surface area (Å²) < 4.78 is 8.74. The quantitative estimate of drug-likeness (QED) is 0.0920. The summed E-state index contributed by atoms with van der Waals surface area (Å²) in [5, 5.41) is 3.79. The number of pyridine rings is 1. The highest BCUT2D eigenvalue weighted by molar-refractivity contribution is 9.10. The SMILES string of the molecule is CCCCCCCCCCCCCC(=O)Oc1ccc(-c2nc3ccc(Br)cn3c2NC(C)(C)CC(C)(C)C)cc1. The third-order valence-electron chi connectivity index (χ3n) is 7.36. The van der Waals surface area contributed by atoms with Crippen molar-refractivity contribution in [3.8, 4) is 17.0 Å². The predicted octanol–water partition coefficient (Wildman–Crippen LogP) is 11.0. The number of rotatable bonds is 17. The maximum atomic E-state index is 12.4. The van der Waals surface area contributed by atoms with Gasteiger partial charge in [0.25, 0.3) is 0 Å². The standard InChI is InChI=1S/C35H52BrN3O2/c1-7-8-9-10-11-12-13-14-15-16-17-18-31(40)41-29-22-19-27(20-23-29)32-33(38-35(5,6)26-34(2,3)4)39-25-28(36)21-24-30(39)37-32/h19-25,38H,7-18,26H2,1-6H3. The van der Waals surface area contributed by atoms with Gasteiger partial charge in [0.1, 0.15) is 22.9 Å². The molecule has 0 radical (unpaired) electrons. The summed E-state index contributed by atoms with van der Waals surface area (Å²) >= 11 is 3.61. The third kappa shape index (κ3) is 11.5. The minimum absolute atomic E-state index is 0.144. The Kier molecular flexibility index (Phi) is 12.8. The summed E-state index contributed by atoms with van der Waals surface area (Å²) in [6.45, 7) is 13.5. The predicted molar refractivity (Wildman–Crippen MR) is 177 cm³/mol. The summed E-state index contributed by atoms with van der Waals surface area (Å²) in [5.74, 6) is 1.38. The monoisotopic (exact) mass is 625 g/mol. The molecule has 1 aromatic carbocycles. The molecule has 0 saturated heterocycles. The molecular weight excluding hydrogens is 574 g/mol. The number of carbonyl (C=O) groups excluding carboxylic acids is 1. The van der Waals surface area contributed by atoms with Gasteiger partial charge in [-0.05, 0) is 84.4 Å². The van der Waals surface area contributed by atoms with Gasteiger partial charge in [0.15, 0.2) is 0 Å². The van der Waals surface area contributed by atoms with E-state index in [1.165, 1.54) is 57.8 Å². The van der Waals surface area contributed by atoms with Crippen LogP contribution in [0.2, 0.25) is 0 Å². The van der Waals surface area contributed by atoms with Gasteiger partial charge in [-0.25, -0.2) is 4.98 Å². The van der Waals surface area contributed by atoms with Gasteiger partial charge in [0.2, 0.25) is 0 Å². The van der Waals surface area contributed by atoms with E-state index in [1.807, 2.05) is 42.6 Å². The number of unbranched alkanes of at least 4 members (excludes halogenated alkanes) is 10. The van der Waals surface area contributed by atoms with Crippen LogP contribution in [-0.2, 0) is 4.79 Å². The van der Waals surface area contributed by atoms with Crippen LogP contribution < -0.4 is 10.1 Å². The van der Waals surface area contributed by atoms with Crippen molar-refractivity contribution >= 4 is 33.4 Å². The van der Waals surface area contributed by atoms with Crippen LogP contribution in [0.25, 0.3) is 16.9 Å². The van der Waals surface area contributed by atoms with E-state index in [0.717, 1.165) is 46.5 Å². The average Bonchev–Trinajstić information content (AvgIpc) is 3.23. The largest absolute Gasteiger partial charge is 0.427 e. The molecular formula is C35H52BrN3O2. The molecule has 0 aliphatic carbocycles. The number of imidazole rings is 1. The number of fused-ring (bicyclic) bond motifs is 1. The van der Waals surface area contributed by atoms with E-state index >= 15 is 0 Å². The Morgan fingerprint density at radius 3 is 2.02 bits per heavy atom. The van der Waals surface area contributed by atoms with Crippen molar-refractivity contribution in [2.24, 2.45) is 5.41 Å². The summed E-state index contributed by atoms with van der Waals surface area (Å²) in [5.41, 5.74) is 2.76. The van der Waals surface area contributed by atoms with Crippen molar-refractivity contribution in [2.75, 3.05) is 5.32 Å². The summed E-state index contributed by atoms with van der Waals surface area (Å²) in [4.78, 5) is 17.4. The molecule has 0 atom stereocenters. The van der Waals surface area contributed by atoms with E-state index in [0.29, 0.717) is 12.2 Å². The van der Waals surface area contributed by atoms with Gasteiger partial charge >= 0.3 is 5.97 Å². The van der Waals surface area contributed by atoms with Crippen LogP contribution in [0.15, 0.2) is 47.1 Å². The molecule has 0 unspecified atom stereocenters. The van der Waals surface area contributed by atoms with Crippen LogP contribution in [-0.4, -0.2) is 20.9 Å². The Morgan fingerprint density at radius 2 is 1.44 bits per heavy atom. The Morgan fingerprint density at radius 1 is 0.854 bits per heavy atom. The maximum Gasteiger partial charge on any atom is 0.311 e. The molecule has 6 heteroatoms. The van der Waals surface area contributed by atoms with Crippen LogP contribution in [0.1, 0.15) is 125 Å². The first-order valence-corrected chi connectivity index (χ1v) is 16.5. The van der Waals surface area contributed by atoms with E-state index in [9.17, 15) is 4.79 Å². The normalized spacial score (nSPS) is 12.2. The second kappa shape index (κ2) is 15.8. The Labute approximate surface area is 257 Å². The lowest BCUT2D eigenvalue weighted by Gasteiger charge is -2.34. The molecule has 226 valence electrons. The number of nitrogens with zero attached hydrogens (tertiary/aromatic N) is 2. The summed E-state index contributed by atoms with van der Waals surface area (Å²) in [6.07, 6.45) is 17.4. The van der Waals surface area contributed by atoms with Crippen LogP contribution in [0, 0.1) is 5.41 Å². The first-order valence-electron chi connectivity index (χ1n) is 15.7. The molecule has 41 heavy (non-hydrogen) atoms. The lowest BCUT2D eigenvalue weighted by atomic mass is 9.82. The van der Waals surface area contributed by atoms with E-state index in [1.54, 1.807) is 0 Å². The number of hydrogen-bond donors (Lipinski definition) is 1. The Balaban J connectivity index is 1.55. The molecule has 3 rings (SSSR count). The molecule has 0 bridgehead atoms. The molecule has 1 N–H and O–H groups in total. The van der Waals surface area contributed by atoms with Crippen molar-refractivity contribution in [3.05, 3.63) is 47.1 Å². The second-order valence-corrected chi connectivity index (χ2v) is 14.3. The van der Waals surface area contributed by atoms with Crippen molar-refractivity contribution in [1.82, 2.24) is 9.38 Å². The Hall–Kier alpha value is -2.34. The number of aromatic nitrogens is 2. The number of benzene rings is 1. The van der Waals surface area contributed by atoms with Crippen molar-refractivity contribution in [1.29, 1.82) is 0 Å². The lowest BCUT2D eigenvalue weighted by Crippen LogP contribution is -2.36. The van der Waals surface area contributed by atoms with Gasteiger partial charge in [-0.2, -0.15) is 0 Å². The highest BCUT2D eigenvalue weighted by Gasteiger charge is 2.28. The maximum absolute atomic E-state index is 12.4. The van der Waals surface area contributed by atoms with E-state index < -0.39 is 0 Å². The molecule has 0 saturated carbocycles. The average molecular weight is 627 g/mol. The highest BCUT2D eigenvalue weighted by Crippen LogP contribution is 2.36. The molecule has 2 heterocycles. The molecule has 0 spiro atoms. The topological polar surface area (TPSA) is 55.6 Å². The fourth-order valence-corrected chi connectivity index (χ4v) is 6.16. The minimum Gasteiger partial charge on any atom is -0.427 e. The molecule has 2 aromatic heterocycles. The molecule has 3 aromatic rings. The fraction of sp³-hybridized carbons (Fsp3) is 0.600. The van der Waals surface area contributed by atoms with Gasteiger partial charge in [-0.15, -0.1) is 0 Å². The van der Waals surface area contributed by atoms with E-state index in [4.69, 9.17) is 9.72 Å². The van der Waals surface area contributed by atoms with E-state index in [-0.39, 0.29) is 16.9 Å². The molecule has 0 amide bonds. The molecule has 0 aliphatic rings. The van der Waals surface area contributed by atoms with Gasteiger partial charge in [0, 0.05) is 28.2 Å². The van der Waals surface area contributed by atoms with Gasteiger partial charge in [-0.1, -0.05) is 91.9 Å². The highest BCUT2D eigenvalue weighted by atomic mass is 79.9. The number of nitrogens with one attached hydrogen (secondary N) is 1. The minimum atomic E-state index is -0.155. The van der Waals surface area contributed by atoms with Crippen LogP contribution in [0.4, 0.5) is 5.82 Å². The van der Waals surface area contributed by atoms with Crippen LogP contribution in [0.3, 0.4) is 0 Å². The second-order valence-electron chi connectivity index (χ2n) is 13.4. The Bertz CT molecular complexity index is 1220.